The van der Waals surface area contributed by atoms with Crippen molar-refractivity contribution < 1.29 is 14.3 Å². The van der Waals surface area contributed by atoms with Crippen LogP contribution in [0.1, 0.15) is 19.9 Å². The van der Waals surface area contributed by atoms with E-state index in [9.17, 15) is 4.79 Å². The van der Waals surface area contributed by atoms with Gasteiger partial charge in [0.05, 0.1) is 6.61 Å². The Labute approximate surface area is 152 Å². The molecule has 26 heavy (non-hydrogen) atoms. The van der Waals surface area contributed by atoms with Gasteiger partial charge in [-0.3, -0.25) is 9.48 Å². The fourth-order valence-corrected chi connectivity index (χ4v) is 2.39. The molecule has 3 rings (SSSR count). The van der Waals surface area contributed by atoms with Gasteiger partial charge in [-0.05, 0) is 68.4 Å². The summed E-state index contributed by atoms with van der Waals surface area (Å²) >= 11 is 0. The standard InChI is InChI=1S/C20H21N3O3/c1-3-25-17-9-11-19(12-10-17)26-18-7-5-16(6-8-18)22-20(24)15(2)23-14-4-13-21-23/h4-15H,3H2,1-2H3,(H,22,24)/t15-/m1/s1. The van der Waals surface area contributed by atoms with E-state index in [1.165, 1.54) is 0 Å². The molecule has 2 aromatic carbocycles. The molecular formula is C20H21N3O3. The predicted octanol–water partition coefficient (Wildman–Crippen LogP) is 4.27. The Morgan fingerprint density at radius 3 is 2.27 bits per heavy atom. The van der Waals surface area contributed by atoms with Crippen molar-refractivity contribution in [3.8, 4) is 17.2 Å². The van der Waals surface area contributed by atoms with E-state index in [-0.39, 0.29) is 11.9 Å². The number of anilines is 1. The Morgan fingerprint density at radius 2 is 1.69 bits per heavy atom. The SMILES string of the molecule is CCOc1ccc(Oc2ccc(NC(=O)[C@@H](C)n3cccn3)cc2)cc1. The molecule has 1 heterocycles. The van der Waals surface area contributed by atoms with Gasteiger partial charge in [-0.2, -0.15) is 5.10 Å². The van der Waals surface area contributed by atoms with Gasteiger partial charge in [0.2, 0.25) is 5.91 Å². The molecule has 3 aromatic rings. The zero-order chi connectivity index (χ0) is 18.4. The molecule has 0 saturated carbocycles. The van der Waals surface area contributed by atoms with Crippen molar-refractivity contribution >= 4 is 11.6 Å². The number of carbonyl (C=O) groups excluding carboxylic acids is 1. The van der Waals surface area contributed by atoms with Gasteiger partial charge < -0.3 is 14.8 Å². The highest BCUT2D eigenvalue weighted by Crippen LogP contribution is 2.25. The summed E-state index contributed by atoms with van der Waals surface area (Å²) in [7, 11) is 0. The van der Waals surface area contributed by atoms with Crippen molar-refractivity contribution in [3.05, 3.63) is 67.0 Å². The largest absolute Gasteiger partial charge is 0.494 e. The first-order valence-corrected chi connectivity index (χ1v) is 8.46. The molecule has 0 radical (unpaired) electrons. The molecule has 1 aromatic heterocycles. The molecule has 0 aliphatic carbocycles. The maximum Gasteiger partial charge on any atom is 0.248 e. The number of rotatable bonds is 7. The first-order chi connectivity index (χ1) is 12.7. The van der Waals surface area contributed by atoms with Gasteiger partial charge >= 0.3 is 0 Å². The van der Waals surface area contributed by atoms with Gasteiger partial charge in [-0.25, -0.2) is 0 Å². The number of benzene rings is 2. The van der Waals surface area contributed by atoms with E-state index < -0.39 is 0 Å². The molecule has 0 saturated heterocycles. The fraction of sp³-hybridized carbons (Fsp3) is 0.200. The quantitative estimate of drug-likeness (QED) is 0.690. The molecule has 0 aliphatic heterocycles. The molecule has 0 fully saturated rings. The molecule has 0 bridgehead atoms. The number of nitrogens with zero attached hydrogens (tertiary/aromatic N) is 2. The van der Waals surface area contributed by atoms with Crippen LogP contribution in [-0.4, -0.2) is 22.3 Å². The Kier molecular flexibility index (Phi) is 5.53. The number of amides is 1. The predicted molar refractivity (Wildman–Crippen MR) is 99.7 cm³/mol. The lowest BCUT2D eigenvalue weighted by molar-refractivity contribution is -0.119. The molecule has 0 aliphatic rings. The van der Waals surface area contributed by atoms with Crippen molar-refractivity contribution in [1.29, 1.82) is 0 Å². The van der Waals surface area contributed by atoms with Gasteiger partial charge in [-0.15, -0.1) is 0 Å². The third-order valence-corrected chi connectivity index (χ3v) is 3.79. The van der Waals surface area contributed by atoms with Crippen molar-refractivity contribution in [2.45, 2.75) is 19.9 Å². The summed E-state index contributed by atoms with van der Waals surface area (Å²) in [6.07, 6.45) is 3.41. The van der Waals surface area contributed by atoms with Gasteiger partial charge in [0, 0.05) is 18.1 Å². The van der Waals surface area contributed by atoms with Gasteiger partial charge in [0.15, 0.2) is 0 Å². The number of hydrogen-bond acceptors (Lipinski definition) is 4. The van der Waals surface area contributed by atoms with Crippen LogP contribution < -0.4 is 14.8 Å². The third-order valence-electron chi connectivity index (χ3n) is 3.79. The molecule has 0 unspecified atom stereocenters. The van der Waals surface area contributed by atoms with Gasteiger partial charge in [-0.1, -0.05) is 0 Å². The average Bonchev–Trinajstić information content (AvgIpc) is 3.19. The maximum atomic E-state index is 12.3. The molecule has 6 nitrogen and oxygen atoms in total. The van der Waals surface area contributed by atoms with Crippen LogP contribution in [0.3, 0.4) is 0 Å². The Hall–Kier alpha value is -3.28. The van der Waals surface area contributed by atoms with E-state index in [0.717, 1.165) is 11.5 Å². The van der Waals surface area contributed by atoms with Crippen LogP contribution in [0, 0.1) is 0 Å². The molecule has 1 amide bonds. The Morgan fingerprint density at radius 1 is 1.08 bits per heavy atom. The summed E-state index contributed by atoms with van der Waals surface area (Å²) in [5.74, 6) is 2.09. The molecule has 1 atom stereocenters. The number of ether oxygens (including phenoxy) is 2. The Balaban J connectivity index is 1.58. The number of hydrogen-bond donors (Lipinski definition) is 1. The number of carbonyl (C=O) groups is 1. The summed E-state index contributed by atoms with van der Waals surface area (Å²) < 4.78 is 12.8. The second kappa shape index (κ2) is 8.20. The van der Waals surface area contributed by atoms with Gasteiger partial charge in [0.25, 0.3) is 0 Å². The fourth-order valence-electron chi connectivity index (χ4n) is 2.39. The van der Waals surface area contributed by atoms with E-state index in [2.05, 4.69) is 10.4 Å². The minimum absolute atomic E-state index is 0.131. The highest BCUT2D eigenvalue weighted by atomic mass is 16.5. The summed E-state index contributed by atoms with van der Waals surface area (Å²) in [5, 5.41) is 6.96. The molecule has 134 valence electrons. The van der Waals surface area contributed by atoms with Crippen molar-refractivity contribution in [3.63, 3.8) is 0 Å². The van der Waals surface area contributed by atoms with Crippen molar-refractivity contribution in [2.75, 3.05) is 11.9 Å². The number of aromatic nitrogens is 2. The van der Waals surface area contributed by atoms with E-state index in [1.807, 2.05) is 43.3 Å². The van der Waals surface area contributed by atoms with E-state index in [1.54, 1.807) is 42.2 Å². The van der Waals surface area contributed by atoms with Gasteiger partial charge in [0.1, 0.15) is 23.3 Å². The highest BCUT2D eigenvalue weighted by molar-refractivity contribution is 5.93. The summed E-state index contributed by atoms with van der Waals surface area (Å²) in [6.45, 7) is 4.37. The lowest BCUT2D eigenvalue weighted by atomic mass is 10.2. The maximum absolute atomic E-state index is 12.3. The smallest absolute Gasteiger partial charge is 0.248 e. The lowest BCUT2D eigenvalue weighted by Gasteiger charge is -2.13. The molecule has 1 N–H and O–H groups in total. The molecule has 6 heteroatoms. The van der Waals surface area contributed by atoms with Crippen LogP contribution in [-0.2, 0) is 4.79 Å². The normalized spacial score (nSPS) is 11.6. The Bertz CT molecular complexity index is 828. The number of nitrogens with one attached hydrogen (secondary N) is 1. The van der Waals surface area contributed by atoms with Crippen LogP contribution in [0.4, 0.5) is 5.69 Å². The second-order valence-electron chi connectivity index (χ2n) is 5.68. The first-order valence-electron chi connectivity index (χ1n) is 8.46. The minimum Gasteiger partial charge on any atom is -0.494 e. The van der Waals surface area contributed by atoms with E-state index in [4.69, 9.17) is 9.47 Å². The summed E-state index contributed by atoms with van der Waals surface area (Å²) in [6, 6.07) is 16.1. The van der Waals surface area contributed by atoms with Crippen LogP contribution in [0.2, 0.25) is 0 Å². The topological polar surface area (TPSA) is 65.4 Å². The van der Waals surface area contributed by atoms with Crippen LogP contribution >= 0.6 is 0 Å². The molecular weight excluding hydrogens is 330 g/mol. The van der Waals surface area contributed by atoms with Crippen molar-refractivity contribution in [2.24, 2.45) is 0 Å². The minimum atomic E-state index is -0.384. The van der Waals surface area contributed by atoms with E-state index in [0.29, 0.717) is 18.0 Å². The highest BCUT2D eigenvalue weighted by Gasteiger charge is 2.14. The first kappa shape index (κ1) is 17.5. The summed E-state index contributed by atoms with van der Waals surface area (Å²) in [4.78, 5) is 12.3. The summed E-state index contributed by atoms with van der Waals surface area (Å²) in [5.41, 5.74) is 0.702. The zero-order valence-corrected chi connectivity index (χ0v) is 14.8. The zero-order valence-electron chi connectivity index (χ0n) is 14.8. The monoisotopic (exact) mass is 351 g/mol. The third kappa shape index (κ3) is 4.42. The van der Waals surface area contributed by atoms with Crippen LogP contribution in [0.5, 0.6) is 17.2 Å². The van der Waals surface area contributed by atoms with Crippen LogP contribution in [0.25, 0.3) is 0 Å². The van der Waals surface area contributed by atoms with E-state index >= 15 is 0 Å². The van der Waals surface area contributed by atoms with Crippen LogP contribution in [0.15, 0.2) is 67.0 Å². The van der Waals surface area contributed by atoms with Crippen molar-refractivity contribution in [1.82, 2.24) is 9.78 Å². The second-order valence-corrected chi connectivity index (χ2v) is 5.68. The molecule has 0 spiro atoms. The average molecular weight is 351 g/mol. The lowest BCUT2D eigenvalue weighted by Crippen LogP contribution is -2.23.